The number of carbonyl (C=O) groups is 2. The molecule has 0 bridgehead atoms. The van der Waals surface area contributed by atoms with E-state index in [1.54, 1.807) is 67.6 Å². The van der Waals surface area contributed by atoms with Gasteiger partial charge in [0.25, 0.3) is 5.56 Å². The van der Waals surface area contributed by atoms with Gasteiger partial charge in [0.2, 0.25) is 0 Å². The molecule has 0 radical (unpaired) electrons. The van der Waals surface area contributed by atoms with Crippen LogP contribution in [0.3, 0.4) is 0 Å². The van der Waals surface area contributed by atoms with Gasteiger partial charge in [-0.25, -0.2) is 13.6 Å². The number of fused-ring (bicyclic) bond motifs is 1. The molecule has 58 heavy (non-hydrogen) atoms. The van der Waals surface area contributed by atoms with Gasteiger partial charge in [-0.2, -0.15) is 13.2 Å². The zero-order chi connectivity index (χ0) is 41.6. The van der Waals surface area contributed by atoms with Crippen LogP contribution in [0.4, 0.5) is 32.6 Å². The maximum absolute atomic E-state index is 16.2. The Kier molecular flexibility index (Phi) is 13.0. The van der Waals surface area contributed by atoms with Gasteiger partial charge in [-0.15, -0.1) is 0 Å². The van der Waals surface area contributed by atoms with Crippen molar-refractivity contribution in [2.75, 3.05) is 31.7 Å². The molecule has 1 amide bonds. The summed E-state index contributed by atoms with van der Waals surface area (Å²) in [5.41, 5.74) is -1.82. The predicted molar refractivity (Wildman–Crippen MR) is 208 cm³/mol. The van der Waals surface area contributed by atoms with Crippen LogP contribution in [0, 0.1) is 18.6 Å². The number of ether oxygens (including phenoxy) is 3. The van der Waals surface area contributed by atoms with E-state index in [1.165, 1.54) is 41.7 Å². The van der Waals surface area contributed by atoms with Crippen molar-refractivity contribution < 1.29 is 45.8 Å². The molecule has 0 fully saturated rings. The molecule has 1 aromatic heterocycles. The maximum Gasteiger partial charge on any atom is 0.416 e. The zero-order valence-electron chi connectivity index (χ0n) is 32.1. The highest BCUT2D eigenvalue weighted by atomic mass is 19.4. The van der Waals surface area contributed by atoms with E-state index in [1.807, 2.05) is 0 Å². The molecule has 0 spiro atoms. The number of benzene rings is 4. The summed E-state index contributed by atoms with van der Waals surface area (Å²) < 4.78 is 92.8. The molecule has 5 aromatic rings. The van der Waals surface area contributed by atoms with E-state index >= 15 is 13.6 Å². The second kappa shape index (κ2) is 18.1. The third-order valence-corrected chi connectivity index (χ3v) is 10.1. The van der Waals surface area contributed by atoms with Crippen LogP contribution < -0.4 is 20.5 Å². The van der Waals surface area contributed by atoms with Crippen LogP contribution in [0.15, 0.2) is 102 Å². The average Bonchev–Trinajstić information content (AvgIpc) is 3.60. The number of esters is 1. The average molecular weight is 804 g/mol. The first-order valence-corrected chi connectivity index (χ1v) is 18.7. The van der Waals surface area contributed by atoms with Crippen LogP contribution in [0.1, 0.15) is 65.2 Å². The number of anilines is 1. The maximum atomic E-state index is 16.2. The summed E-state index contributed by atoms with van der Waals surface area (Å²) in [6.45, 7) is 3.19. The van der Waals surface area contributed by atoms with Crippen molar-refractivity contribution >= 4 is 17.9 Å². The summed E-state index contributed by atoms with van der Waals surface area (Å²) in [6.07, 6.45) is -6.19. The lowest BCUT2D eigenvalue weighted by atomic mass is 9.91. The van der Waals surface area contributed by atoms with Crippen LogP contribution in [0.2, 0.25) is 0 Å². The molecule has 9 nitrogen and oxygen atoms in total. The minimum Gasteiger partial charge on any atom is -0.494 e. The Labute approximate surface area is 332 Å². The number of amides is 1. The van der Waals surface area contributed by atoms with Gasteiger partial charge < -0.3 is 19.5 Å². The van der Waals surface area contributed by atoms with Crippen LogP contribution in [-0.4, -0.2) is 43.4 Å². The smallest absolute Gasteiger partial charge is 0.416 e. The monoisotopic (exact) mass is 803 g/mol. The van der Waals surface area contributed by atoms with Crippen molar-refractivity contribution in [3.8, 4) is 16.9 Å². The van der Waals surface area contributed by atoms with Gasteiger partial charge >= 0.3 is 18.2 Å². The first kappa shape index (κ1) is 41.6. The summed E-state index contributed by atoms with van der Waals surface area (Å²) in [5.74, 6) is -2.77. The molecule has 6 rings (SSSR count). The molecule has 1 aliphatic rings. The number of pyridine rings is 1. The standard InChI is InChI=1S/C44H42F5N3O6/c1-4-57-37(53)22-13-23-50-40(29-16-9-6-10-17-29)35-25-51(43(55)58-26-28-14-7-5-8-15-28)41-31(24-32-33(44(47,48)49)19-12-20-34(32)45)27(2)38(42(54)52(35)41)30-18-11-21-36(56-3)39(30)46/h5-12,14-21,35,40,50H,4,13,22-26H2,1-3H3/t35-,40?/m1/s1. The summed E-state index contributed by atoms with van der Waals surface area (Å²) in [7, 11) is 1.25. The van der Waals surface area contributed by atoms with E-state index in [0.29, 0.717) is 17.5 Å². The van der Waals surface area contributed by atoms with Crippen molar-refractivity contribution in [2.24, 2.45) is 0 Å². The van der Waals surface area contributed by atoms with Crippen LogP contribution >= 0.6 is 0 Å². The van der Waals surface area contributed by atoms with Crippen molar-refractivity contribution in [3.63, 3.8) is 0 Å². The molecule has 0 aliphatic carbocycles. The topological polar surface area (TPSA) is 99.1 Å². The number of nitrogens with one attached hydrogen (secondary N) is 1. The number of nitrogens with zero attached hydrogens (tertiary/aromatic N) is 2. The number of methoxy groups -OCH3 is 1. The Hall–Kier alpha value is -6.02. The van der Waals surface area contributed by atoms with Crippen LogP contribution in [0.5, 0.6) is 5.75 Å². The Bertz CT molecular complexity index is 2320. The Balaban J connectivity index is 1.60. The molecule has 0 saturated heterocycles. The number of aromatic nitrogens is 1. The summed E-state index contributed by atoms with van der Waals surface area (Å²) >= 11 is 0. The number of carbonyl (C=O) groups excluding carboxylic acids is 2. The van der Waals surface area contributed by atoms with E-state index in [9.17, 15) is 22.8 Å². The second-order valence-electron chi connectivity index (χ2n) is 13.7. The molecule has 2 atom stereocenters. The fraction of sp³-hybridized carbons (Fsp3) is 0.295. The molecular weight excluding hydrogens is 761 g/mol. The van der Waals surface area contributed by atoms with Gasteiger partial charge in [0.05, 0.1) is 43.5 Å². The molecule has 304 valence electrons. The van der Waals surface area contributed by atoms with Gasteiger partial charge in [-0.1, -0.05) is 78.9 Å². The van der Waals surface area contributed by atoms with Gasteiger partial charge in [-0.05, 0) is 61.7 Å². The van der Waals surface area contributed by atoms with Crippen LogP contribution in [-0.2, 0) is 33.5 Å². The van der Waals surface area contributed by atoms with E-state index in [0.717, 1.165) is 18.2 Å². The zero-order valence-corrected chi connectivity index (χ0v) is 32.1. The largest absolute Gasteiger partial charge is 0.494 e. The van der Waals surface area contributed by atoms with Crippen LogP contribution in [0.25, 0.3) is 11.1 Å². The van der Waals surface area contributed by atoms with Gasteiger partial charge in [-0.3, -0.25) is 19.1 Å². The fourth-order valence-corrected chi connectivity index (χ4v) is 7.44. The number of hydrogen-bond donors (Lipinski definition) is 1. The quantitative estimate of drug-likeness (QED) is 0.0680. The SMILES string of the molecule is CCOC(=O)CCCNC(c1ccccc1)[C@H]1CN(C(=O)OCc2ccccc2)c2c(Cc3c(F)cccc3C(F)(F)F)c(C)c(-c3cccc(OC)c3F)c(=O)n21. The Morgan fingerprint density at radius 1 is 0.897 bits per heavy atom. The lowest BCUT2D eigenvalue weighted by Crippen LogP contribution is -2.37. The van der Waals surface area contributed by atoms with E-state index < -0.39 is 65.1 Å². The number of hydrogen-bond acceptors (Lipinski definition) is 7. The third-order valence-electron chi connectivity index (χ3n) is 10.1. The molecule has 2 heterocycles. The number of rotatable bonds is 14. The number of halogens is 5. The van der Waals surface area contributed by atoms with Gasteiger partial charge in [0, 0.05) is 29.5 Å². The van der Waals surface area contributed by atoms with E-state index in [2.05, 4.69) is 5.32 Å². The Morgan fingerprint density at radius 2 is 1.59 bits per heavy atom. The molecule has 1 unspecified atom stereocenters. The van der Waals surface area contributed by atoms with E-state index in [4.69, 9.17) is 14.2 Å². The highest BCUT2D eigenvalue weighted by molar-refractivity contribution is 5.90. The second-order valence-corrected chi connectivity index (χ2v) is 13.7. The molecule has 4 aromatic carbocycles. The van der Waals surface area contributed by atoms with Crippen molar-refractivity contribution in [1.29, 1.82) is 0 Å². The van der Waals surface area contributed by atoms with E-state index in [-0.39, 0.29) is 66.5 Å². The predicted octanol–water partition coefficient (Wildman–Crippen LogP) is 9.09. The minimum atomic E-state index is -4.97. The molecular formula is C44H42F5N3O6. The lowest BCUT2D eigenvalue weighted by Gasteiger charge is -2.28. The normalized spacial score (nSPS) is 14.2. The van der Waals surface area contributed by atoms with Crippen molar-refractivity contribution in [2.45, 2.75) is 58.0 Å². The molecule has 14 heteroatoms. The minimum absolute atomic E-state index is 0.0271. The van der Waals surface area contributed by atoms with Crippen molar-refractivity contribution in [3.05, 3.63) is 152 Å². The molecule has 1 aliphatic heterocycles. The Morgan fingerprint density at radius 3 is 2.26 bits per heavy atom. The first-order chi connectivity index (χ1) is 27.8. The van der Waals surface area contributed by atoms with Gasteiger partial charge in [0.15, 0.2) is 11.6 Å². The highest BCUT2D eigenvalue weighted by Crippen LogP contribution is 2.44. The van der Waals surface area contributed by atoms with Crippen molar-refractivity contribution in [1.82, 2.24) is 9.88 Å². The molecule has 1 N–H and O–H groups in total. The first-order valence-electron chi connectivity index (χ1n) is 18.7. The number of alkyl halides is 3. The summed E-state index contributed by atoms with van der Waals surface area (Å²) in [5, 5.41) is 3.42. The third kappa shape index (κ3) is 8.76. The lowest BCUT2D eigenvalue weighted by molar-refractivity contribution is -0.143. The highest BCUT2D eigenvalue weighted by Gasteiger charge is 2.43. The van der Waals surface area contributed by atoms with Gasteiger partial charge in [0.1, 0.15) is 18.2 Å². The molecule has 0 saturated carbocycles. The fourth-order valence-electron chi connectivity index (χ4n) is 7.44. The summed E-state index contributed by atoms with van der Waals surface area (Å²) in [4.78, 5) is 42.8. The summed E-state index contributed by atoms with van der Waals surface area (Å²) in [6, 6.07) is 22.8.